The number of carboxylic acid groups (broad SMARTS) is 2. The molecule has 0 amide bonds. The van der Waals surface area contributed by atoms with E-state index in [9.17, 15) is 9.59 Å². The third-order valence-electron chi connectivity index (χ3n) is 5.91. The van der Waals surface area contributed by atoms with Crippen LogP contribution in [0, 0.1) is 5.41 Å². The van der Waals surface area contributed by atoms with Crippen molar-refractivity contribution in [1.82, 2.24) is 9.55 Å². The zero-order valence-electron chi connectivity index (χ0n) is 20.4. The van der Waals surface area contributed by atoms with E-state index in [0.717, 1.165) is 6.54 Å². The molecule has 0 radical (unpaired) electrons. The SMILES string of the molecule is CC1(C(=O)O)C=CC=C(C(=O)O)C1.CCCCCCCCCCCCCCn1ccnc1.Cl. The molecule has 6 nitrogen and oxygen atoms in total. The molecule has 1 aliphatic carbocycles. The predicted octanol–water partition coefficient (Wildman–Crippen LogP) is 7.05. The number of carboxylic acids is 2. The van der Waals surface area contributed by atoms with Gasteiger partial charge in [-0.25, -0.2) is 9.78 Å². The molecular formula is C26H43ClN2O4. The third kappa shape index (κ3) is 13.9. The highest BCUT2D eigenvalue weighted by atomic mass is 35.5. The molecule has 0 fully saturated rings. The first-order chi connectivity index (χ1) is 15.4. The van der Waals surface area contributed by atoms with E-state index in [4.69, 9.17) is 10.2 Å². The molecule has 2 N–H and O–H groups in total. The Labute approximate surface area is 205 Å². The van der Waals surface area contributed by atoms with E-state index >= 15 is 0 Å². The summed E-state index contributed by atoms with van der Waals surface area (Å²) in [7, 11) is 0. The summed E-state index contributed by atoms with van der Waals surface area (Å²) in [5.74, 6) is -2.06. The van der Waals surface area contributed by atoms with Gasteiger partial charge in [0.05, 0.1) is 11.7 Å². The van der Waals surface area contributed by atoms with Gasteiger partial charge in [-0.05, 0) is 19.8 Å². The first-order valence-electron chi connectivity index (χ1n) is 12.2. The summed E-state index contributed by atoms with van der Waals surface area (Å²) in [5.41, 5.74) is -0.949. The molecule has 0 aliphatic heterocycles. The van der Waals surface area contributed by atoms with E-state index in [-0.39, 0.29) is 24.4 Å². The highest BCUT2D eigenvalue weighted by molar-refractivity contribution is 5.90. The zero-order chi connectivity index (χ0) is 23.7. The van der Waals surface area contributed by atoms with Crippen LogP contribution >= 0.6 is 12.4 Å². The molecule has 1 atom stereocenters. The van der Waals surface area contributed by atoms with E-state index in [1.807, 2.05) is 12.5 Å². The molecule has 1 aliphatic rings. The van der Waals surface area contributed by atoms with Crippen molar-refractivity contribution >= 4 is 24.3 Å². The Kier molecular flexibility index (Phi) is 17.2. The largest absolute Gasteiger partial charge is 0.481 e. The number of hydrogen-bond acceptors (Lipinski definition) is 3. The molecular weight excluding hydrogens is 440 g/mol. The molecule has 0 bridgehead atoms. The Morgan fingerprint density at radius 3 is 1.97 bits per heavy atom. The van der Waals surface area contributed by atoms with Crippen molar-refractivity contribution in [3.05, 3.63) is 42.5 Å². The Morgan fingerprint density at radius 1 is 0.970 bits per heavy atom. The van der Waals surface area contributed by atoms with Crippen LogP contribution in [-0.4, -0.2) is 31.7 Å². The number of allylic oxidation sites excluding steroid dienone is 2. The molecule has 1 unspecified atom stereocenters. The number of aromatic nitrogens is 2. The molecule has 0 aromatic carbocycles. The maximum absolute atomic E-state index is 10.8. The highest BCUT2D eigenvalue weighted by Gasteiger charge is 2.34. The van der Waals surface area contributed by atoms with Gasteiger partial charge in [-0.1, -0.05) is 95.8 Å². The lowest BCUT2D eigenvalue weighted by Crippen LogP contribution is -2.28. The van der Waals surface area contributed by atoms with Crippen molar-refractivity contribution in [2.24, 2.45) is 5.41 Å². The van der Waals surface area contributed by atoms with Crippen molar-refractivity contribution < 1.29 is 19.8 Å². The van der Waals surface area contributed by atoms with Gasteiger partial charge in [-0.2, -0.15) is 0 Å². The van der Waals surface area contributed by atoms with Gasteiger partial charge in [0.25, 0.3) is 0 Å². The maximum Gasteiger partial charge on any atom is 0.331 e. The number of hydrogen-bond donors (Lipinski definition) is 2. The average molecular weight is 483 g/mol. The van der Waals surface area contributed by atoms with Crippen LogP contribution in [-0.2, 0) is 16.1 Å². The summed E-state index contributed by atoms with van der Waals surface area (Å²) in [5, 5.41) is 17.5. The number of imidazole rings is 1. The Balaban J connectivity index is 0.000000642. The van der Waals surface area contributed by atoms with E-state index in [1.165, 1.54) is 102 Å². The molecule has 1 aromatic heterocycles. The molecule has 0 saturated carbocycles. The first kappa shape index (κ1) is 30.9. The van der Waals surface area contributed by atoms with E-state index in [0.29, 0.717) is 0 Å². The van der Waals surface area contributed by atoms with Gasteiger partial charge in [-0.15, -0.1) is 12.4 Å². The van der Waals surface area contributed by atoms with Crippen LogP contribution < -0.4 is 0 Å². The summed E-state index contributed by atoms with van der Waals surface area (Å²) >= 11 is 0. The van der Waals surface area contributed by atoms with Crippen LogP contribution in [0.25, 0.3) is 0 Å². The molecule has 0 saturated heterocycles. The smallest absolute Gasteiger partial charge is 0.331 e. The molecule has 2 rings (SSSR count). The minimum absolute atomic E-state index is 0. The fraction of sp³-hybridized carbons (Fsp3) is 0.654. The van der Waals surface area contributed by atoms with Crippen LogP contribution in [0.1, 0.15) is 97.3 Å². The Bertz CT molecular complexity index is 716. The minimum atomic E-state index is -1.08. The predicted molar refractivity (Wildman–Crippen MR) is 136 cm³/mol. The van der Waals surface area contributed by atoms with E-state index < -0.39 is 17.4 Å². The van der Waals surface area contributed by atoms with Crippen molar-refractivity contribution in [3.63, 3.8) is 0 Å². The van der Waals surface area contributed by atoms with Gasteiger partial charge in [-0.3, -0.25) is 4.79 Å². The molecule has 188 valence electrons. The molecule has 7 heteroatoms. The zero-order valence-corrected chi connectivity index (χ0v) is 21.2. The summed E-state index contributed by atoms with van der Waals surface area (Å²) in [6.45, 7) is 4.92. The summed E-state index contributed by atoms with van der Waals surface area (Å²) in [4.78, 5) is 25.4. The van der Waals surface area contributed by atoms with Gasteiger partial charge >= 0.3 is 11.9 Å². The average Bonchev–Trinajstić information content (AvgIpc) is 3.28. The van der Waals surface area contributed by atoms with Gasteiger partial charge in [0, 0.05) is 24.5 Å². The second kappa shape index (κ2) is 18.4. The summed E-state index contributed by atoms with van der Waals surface area (Å²) < 4.78 is 2.18. The minimum Gasteiger partial charge on any atom is -0.481 e. The first-order valence-corrected chi connectivity index (χ1v) is 12.2. The number of carbonyl (C=O) groups is 2. The van der Waals surface area contributed by atoms with Crippen LogP contribution in [0.5, 0.6) is 0 Å². The number of rotatable bonds is 15. The normalized spacial score (nSPS) is 16.8. The highest BCUT2D eigenvalue weighted by Crippen LogP contribution is 2.31. The topological polar surface area (TPSA) is 92.4 Å². The van der Waals surface area contributed by atoms with Crippen LogP contribution in [0.3, 0.4) is 0 Å². The quantitative estimate of drug-likeness (QED) is 0.261. The number of unbranched alkanes of at least 4 members (excludes halogenated alkanes) is 11. The van der Waals surface area contributed by atoms with E-state index in [2.05, 4.69) is 22.7 Å². The summed E-state index contributed by atoms with van der Waals surface area (Å²) in [6.07, 6.45) is 27.3. The lowest BCUT2D eigenvalue weighted by atomic mass is 9.80. The monoisotopic (exact) mass is 482 g/mol. The van der Waals surface area contributed by atoms with Crippen molar-refractivity contribution in [2.75, 3.05) is 0 Å². The second-order valence-electron chi connectivity index (χ2n) is 8.95. The fourth-order valence-electron chi connectivity index (χ4n) is 3.74. The van der Waals surface area contributed by atoms with Crippen LogP contribution in [0.4, 0.5) is 0 Å². The number of halogens is 1. The third-order valence-corrected chi connectivity index (χ3v) is 5.91. The lowest BCUT2D eigenvalue weighted by molar-refractivity contribution is -0.145. The fourth-order valence-corrected chi connectivity index (χ4v) is 3.74. The molecule has 0 spiro atoms. The van der Waals surface area contributed by atoms with Gasteiger partial charge in [0.15, 0.2) is 0 Å². The van der Waals surface area contributed by atoms with Gasteiger partial charge in [0.1, 0.15) is 0 Å². The van der Waals surface area contributed by atoms with Crippen LogP contribution in [0.2, 0.25) is 0 Å². The molecule has 1 heterocycles. The van der Waals surface area contributed by atoms with Gasteiger partial charge < -0.3 is 14.8 Å². The number of aryl methyl sites for hydroxylation is 1. The van der Waals surface area contributed by atoms with Crippen LogP contribution in [0.15, 0.2) is 42.5 Å². The lowest BCUT2D eigenvalue weighted by Gasteiger charge is -2.23. The second-order valence-corrected chi connectivity index (χ2v) is 8.95. The summed E-state index contributed by atoms with van der Waals surface area (Å²) in [6, 6.07) is 0. The number of nitrogens with zero attached hydrogens (tertiary/aromatic N) is 2. The maximum atomic E-state index is 10.8. The van der Waals surface area contributed by atoms with Crippen molar-refractivity contribution in [2.45, 2.75) is 104 Å². The molecule has 33 heavy (non-hydrogen) atoms. The standard InChI is InChI=1S/C17H32N2.C9H10O4.ClH/c1-2-3-4-5-6-7-8-9-10-11-12-13-15-19-16-14-18-17-19;1-9(8(12)13)4-2-3-6(5-9)7(10)11;/h14,16-17H,2-13,15H2,1H3;2-4H,5H2,1H3,(H,10,11)(H,12,13);1H. The van der Waals surface area contributed by atoms with Gasteiger partial charge in [0.2, 0.25) is 0 Å². The van der Waals surface area contributed by atoms with Crippen molar-refractivity contribution in [3.8, 4) is 0 Å². The molecule has 1 aromatic rings. The Hall–Kier alpha value is -2.08. The number of aliphatic carboxylic acids is 2. The van der Waals surface area contributed by atoms with Crippen molar-refractivity contribution in [1.29, 1.82) is 0 Å². The van der Waals surface area contributed by atoms with E-state index in [1.54, 1.807) is 0 Å². The Morgan fingerprint density at radius 2 is 1.52 bits per heavy atom.